The fourth-order valence-electron chi connectivity index (χ4n) is 1.44. The predicted octanol–water partition coefficient (Wildman–Crippen LogP) is 2.48. The second kappa shape index (κ2) is 5.64. The summed E-state index contributed by atoms with van der Waals surface area (Å²) in [4.78, 5) is 15.5. The molecule has 0 aliphatic heterocycles. The topological polar surface area (TPSA) is 62.2 Å². The molecule has 0 atom stereocenters. The Morgan fingerprint density at radius 2 is 2.00 bits per heavy atom. The van der Waals surface area contributed by atoms with Crippen LogP contribution in [0.25, 0.3) is 0 Å². The van der Waals surface area contributed by atoms with Crippen molar-refractivity contribution in [2.75, 3.05) is 0 Å². The molecule has 2 rings (SSSR count). The van der Waals surface area contributed by atoms with Crippen LogP contribution in [0.3, 0.4) is 0 Å². The summed E-state index contributed by atoms with van der Waals surface area (Å²) in [5, 5.41) is 12.0. The Morgan fingerprint density at radius 1 is 1.28 bits per heavy atom. The summed E-state index contributed by atoms with van der Waals surface area (Å²) < 4.78 is 0.995. The van der Waals surface area contributed by atoms with Crippen LogP contribution in [0.5, 0.6) is 5.75 Å². The predicted molar refractivity (Wildman–Crippen MR) is 71.2 cm³/mol. The fourth-order valence-corrected chi connectivity index (χ4v) is 1.70. The molecule has 1 aromatic carbocycles. The fraction of sp³-hybridized carbons (Fsp3) is 0.0769. The zero-order valence-corrected chi connectivity index (χ0v) is 11.0. The molecular formula is C13H11BrN2O2. The van der Waals surface area contributed by atoms with Crippen LogP contribution in [0.2, 0.25) is 0 Å². The number of pyridine rings is 1. The molecule has 5 heteroatoms. The molecule has 0 aliphatic carbocycles. The van der Waals surface area contributed by atoms with E-state index in [1.54, 1.807) is 0 Å². The molecule has 0 fully saturated rings. The molecule has 1 amide bonds. The first-order chi connectivity index (χ1) is 8.65. The maximum Gasteiger partial charge on any atom is 0.253 e. The highest BCUT2D eigenvalue weighted by Crippen LogP contribution is 2.11. The monoisotopic (exact) mass is 306 g/mol. The Labute approximate surface area is 113 Å². The van der Waals surface area contributed by atoms with E-state index in [9.17, 15) is 9.90 Å². The van der Waals surface area contributed by atoms with E-state index in [1.165, 1.54) is 18.5 Å². The average molecular weight is 307 g/mol. The van der Waals surface area contributed by atoms with Gasteiger partial charge in [0.1, 0.15) is 5.75 Å². The Hall–Kier alpha value is -1.88. The van der Waals surface area contributed by atoms with Crippen LogP contribution in [0.15, 0.2) is 47.2 Å². The first-order valence-electron chi connectivity index (χ1n) is 5.32. The van der Waals surface area contributed by atoms with Crippen molar-refractivity contribution >= 4 is 21.8 Å². The molecule has 1 heterocycles. The highest BCUT2D eigenvalue weighted by Gasteiger charge is 2.06. The standard InChI is InChI=1S/C13H11BrN2O2/c14-11-3-1-9(2-4-11)6-16-13(18)10-5-12(17)8-15-7-10/h1-5,7-8,17H,6H2,(H,16,18). The number of hydrogen-bond acceptors (Lipinski definition) is 3. The second-order valence-electron chi connectivity index (χ2n) is 3.74. The van der Waals surface area contributed by atoms with Crippen molar-refractivity contribution in [3.8, 4) is 5.75 Å². The maximum atomic E-state index is 11.8. The smallest absolute Gasteiger partial charge is 0.253 e. The minimum absolute atomic E-state index is 0.0220. The summed E-state index contributed by atoms with van der Waals surface area (Å²) in [7, 11) is 0. The van der Waals surface area contributed by atoms with Gasteiger partial charge in [-0.15, -0.1) is 0 Å². The lowest BCUT2D eigenvalue weighted by Crippen LogP contribution is -2.22. The number of benzene rings is 1. The number of carbonyl (C=O) groups is 1. The van der Waals surface area contributed by atoms with Gasteiger partial charge in [-0.2, -0.15) is 0 Å². The third-order valence-electron chi connectivity index (χ3n) is 2.35. The molecule has 18 heavy (non-hydrogen) atoms. The van der Waals surface area contributed by atoms with Crippen LogP contribution in [-0.2, 0) is 6.54 Å². The number of carbonyl (C=O) groups excluding carboxylic acids is 1. The number of nitrogens with one attached hydrogen (secondary N) is 1. The van der Waals surface area contributed by atoms with Gasteiger partial charge < -0.3 is 10.4 Å². The van der Waals surface area contributed by atoms with Crippen molar-refractivity contribution in [2.45, 2.75) is 6.54 Å². The van der Waals surface area contributed by atoms with Crippen molar-refractivity contribution in [3.63, 3.8) is 0 Å². The number of rotatable bonds is 3. The van der Waals surface area contributed by atoms with Crippen molar-refractivity contribution in [3.05, 3.63) is 58.3 Å². The zero-order valence-electron chi connectivity index (χ0n) is 9.43. The number of aromatic nitrogens is 1. The van der Waals surface area contributed by atoms with Gasteiger partial charge in [-0.25, -0.2) is 0 Å². The van der Waals surface area contributed by atoms with Crippen molar-refractivity contribution in [1.29, 1.82) is 0 Å². The highest BCUT2D eigenvalue weighted by atomic mass is 79.9. The van der Waals surface area contributed by atoms with Crippen LogP contribution < -0.4 is 5.32 Å². The SMILES string of the molecule is O=C(NCc1ccc(Br)cc1)c1cncc(O)c1. The van der Waals surface area contributed by atoms with Gasteiger partial charge in [0.05, 0.1) is 11.8 Å². The molecule has 0 saturated heterocycles. The molecular weight excluding hydrogens is 296 g/mol. The summed E-state index contributed by atoms with van der Waals surface area (Å²) >= 11 is 3.35. The van der Waals surface area contributed by atoms with Gasteiger partial charge >= 0.3 is 0 Å². The normalized spacial score (nSPS) is 10.1. The quantitative estimate of drug-likeness (QED) is 0.916. The molecule has 0 saturated carbocycles. The molecule has 92 valence electrons. The third-order valence-corrected chi connectivity index (χ3v) is 2.88. The van der Waals surface area contributed by atoms with Gasteiger partial charge in [0.15, 0.2) is 0 Å². The largest absolute Gasteiger partial charge is 0.506 e. The van der Waals surface area contributed by atoms with Gasteiger partial charge in [0.2, 0.25) is 0 Å². The average Bonchev–Trinajstić information content (AvgIpc) is 2.38. The Balaban J connectivity index is 1.98. The van der Waals surface area contributed by atoms with Gasteiger partial charge in [0.25, 0.3) is 5.91 Å². The van der Waals surface area contributed by atoms with E-state index < -0.39 is 0 Å². The molecule has 0 radical (unpaired) electrons. The van der Waals surface area contributed by atoms with E-state index in [4.69, 9.17) is 0 Å². The summed E-state index contributed by atoms with van der Waals surface area (Å²) in [6.07, 6.45) is 2.70. The number of halogens is 1. The number of aromatic hydroxyl groups is 1. The molecule has 0 spiro atoms. The van der Waals surface area contributed by atoms with E-state index in [0.717, 1.165) is 10.0 Å². The Morgan fingerprint density at radius 3 is 2.67 bits per heavy atom. The van der Waals surface area contributed by atoms with Gasteiger partial charge in [-0.1, -0.05) is 28.1 Å². The van der Waals surface area contributed by atoms with E-state index in [-0.39, 0.29) is 11.7 Å². The summed E-state index contributed by atoms with van der Waals surface area (Å²) in [5.74, 6) is -0.285. The van der Waals surface area contributed by atoms with Crippen LogP contribution in [0.4, 0.5) is 0 Å². The Kier molecular flexibility index (Phi) is 3.94. The molecule has 0 aliphatic rings. The summed E-state index contributed by atoms with van der Waals surface area (Å²) in [5.41, 5.74) is 1.34. The first kappa shape index (κ1) is 12.6. The Bertz CT molecular complexity index is 555. The molecule has 2 aromatic rings. The minimum Gasteiger partial charge on any atom is -0.506 e. The van der Waals surface area contributed by atoms with Crippen molar-refractivity contribution in [1.82, 2.24) is 10.3 Å². The van der Waals surface area contributed by atoms with Crippen LogP contribution in [0.1, 0.15) is 15.9 Å². The molecule has 4 nitrogen and oxygen atoms in total. The lowest BCUT2D eigenvalue weighted by Gasteiger charge is -2.05. The lowest BCUT2D eigenvalue weighted by molar-refractivity contribution is 0.0950. The number of hydrogen-bond donors (Lipinski definition) is 2. The van der Waals surface area contributed by atoms with Crippen LogP contribution >= 0.6 is 15.9 Å². The number of nitrogens with zero attached hydrogens (tertiary/aromatic N) is 1. The third kappa shape index (κ3) is 3.30. The first-order valence-corrected chi connectivity index (χ1v) is 6.11. The van der Waals surface area contributed by atoms with Gasteiger partial charge in [-0.3, -0.25) is 9.78 Å². The molecule has 0 unspecified atom stereocenters. The second-order valence-corrected chi connectivity index (χ2v) is 4.66. The van der Waals surface area contributed by atoms with E-state index in [2.05, 4.69) is 26.2 Å². The van der Waals surface area contributed by atoms with Crippen molar-refractivity contribution < 1.29 is 9.90 Å². The van der Waals surface area contributed by atoms with E-state index in [1.807, 2.05) is 24.3 Å². The van der Waals surface area contributed by atoms with Gasteiger partial charge in [0, 0.05) is 17.2 Å². The van der Waals surface area contributed by atoms with Crippen molar-refractivity contribution in [2.24, 2.45) is 0 Å². The maximum absolute atomic E-state index is 11.8. The molecule has 1 aromatic heterocycles. The summed E-state index contributed by atoms with van der Waals surface area (Å²) in [6, 6.07) is 9.05. The van der Waals surface area contributed by atoms with E-state index in [0.29, 0.717) is 12.1 Å². The highest BCUT2D eigenvalue weighted by molar-refractivity contribution is 9.10. The zero-order chi connectivity index (χ0) is 13.0. The molecule has 0 bridgehead atoms. The van der Waals surface area contributed by atoms with E-state index >= 15 is 0 Å². The molecule has 2 N–H and O–H groups in total. The van der Waals surface area contributed by atoms with Crippen LogP contribution in [-0.4, -0.2) is 16.0 Å². The minimum atomic E-state index is -0.263. The van der Waals surface area contributed by atoms with Crippen LogP contribution in [0, 0.1) is 0 Å². The number of amides is 1. The van der Waals surface area contributed by atoms with Gasteiger partial charge in [-0.05, 0) is 23.8 Å². The summed E-state index contributed by atoms with van der Waals surface area (Å²) in [6.45, 7) is 0.432. The lowest BCUT2D eigenvalue weighted by atomic mass is 10.2.